The van der Waals surface area contributed by atoms with Gasteiger partial charge in [0, 0.05) is 18.7 Å². The molecule has 1 amide bonds. The number of carbonyl (C=O) groups excluding carboxylic acids is 2. The molecule has 0 bridgehead atoms. The van der Waals surface area contributed by atoms with Crippen LogP contribution < -0.4 is 10.1 Å². The number of nitrogens with zero attached hydrogens (tertiary/aromatic N) is 1. The number of carbonyl (C=O) groups is 2. The van der Waals surface area contributed by atoms with Crippen LogP contribution >= 0.6 is 0 Å². The van der Waals surface area contributed by atoms with E-state index >= 15 is 0 Å². The molecule has 12 heteroatoms. The molecule has 1 heterocycles. The molecule has 0 unspecified atom stereocenters. The van der Waals surface area contributed by atoms with Crippen LogP contribution in [-0.4, -0.2) is 37.1 Å². The molecule has 0 radical (unpaired) electrons. The van der Waals surface area contributed by atoms with Crippen LogP contribution in [0.1, 0.15) is 22.3 Å². The van der Waals surface area contributed by atoms with E-state index < -0.39 is 53.4 Å². The maximum atomic E-state index is 13.0. The smallest absolute Gasteiger partial charge is 0.416 e. The summed E-state index contributed by atoms with van der Waals surface area (Å²) in [7, 11) is 2.47. The molecule has 0 saturated heterocycles. The first-order valence-electron chi connectivity index (χ1n) is 8.98. The number of rotatable bonds is 7. The molecule has 174 valence electrons. The van der Waals surface area contributed by atoms with Crippen molar-refractivity contribution >= 4 is 11.9 Å². The van der Waals surface area contributed by atoms with E-state index in [2.05, 4.69) is 15.0 Å². The van der Waals surface area contributed by atoms with Gasteiger partial charge >= 0.3 is 18.3 Å². The van der Waals surface area contributed by atoms with E-state index in [4.69, 9.17) is 4.74 Å². The van der Waals surface area contributed by atoms with Crippen molar-refractivity contribution in [1.29, 1.82) is 0 Å². The number of esters is 1. The Labute approximate surface area is 178 Å². The molecule has 0 aliphatic carbocycles. The molecule has 0 aliphatic heterocycles. The van der Waals surface area contributed by atoms with Gasteiger partial charge < -0.3 is 14.8 Å². The number of hydrogen-bond acceptors (Lipinski definition) is 5. The molecule has 2 aromatic rings. The molecule has 0 aliphatic rings. The number of nitrogens with one attached hydrogen (secondary N) is 1. The first-order chi connectivity index (χ1) is 14.8. The Morgan fingerprint density at radius 3 is 2.00 bits per heavy atom. The summed E-state index contributed by atoms with van der Waals surface area (Å²) in [5.74, 6) is -1.51. The highest BCUT2D eigenvalue weighted by molar-refractivity contribution is 5.85. The van der Waals surface area contributed by atoms with Crippen molar-refractivity contribution in [1.82, 2.24) is 10.3 Å². The lowest BCUT2D eigenvalue weighted by Gasteiger charge is -2.18. The van der Waals surface area contributed by atoms with E-state index in [-0.39, 0.29) is 12.5 Å². The van der Waals surface area contributed by atoms with Crippen LogP contribution in [0.4, 0.5) is 26.3 Å². The summed E-state index contributed by atoms with van der Waals surface area (Å²) >= 11 is 0. The van der Waals surface area contributed by atoms with Gasteiger partial charge in [0.15, 0.2) is 0 Å². The van der Waals surface area contributed by atoms with Crippen molar-refractivity contribution < 1.29 is 45.4 Å². The van der Waals surface area contributed by atoms with E-state index in [0.29, 0.717) is 23.6 Å². The summed E-state index contributed by atoms with van der Waals surface area (Å²) in [6.07, 6.45) is -9.60. The minimum atomic E-state index is -5.04. The Morgan fingerprint density at radius 2 is 1.56 bits per heavy atom. The summed E-state index contributed by atoms with van der Waals surface area (Å²) in [5.41, 5.74) is -3.09. The van der Waals surface area contributed by atoms with E-state index in [0.717, 1.165) is 7.11 Å². The fourth-order valence-corrected chi connectivity index (χ4v) is 2.78. The fraction of sp³-hybridized carbons (Fsp3) is 0.350. The molecule has 2 rings (SSSR count). The van der Waals surface area contributed by atoms with Gasteiger partial charge in [0.25, 0.3) is 0 Å². The van der Waals surface area contributed by atoms with Crippen molar-refractivity contribution in [2.75, 3.05) is 14.2 Å². The highest BCUT2D eigenvalue weighted by Crippen LogP contribution is 2.36. The van der Waals surface area contributed by atoms with Crippen molar-refractivity contribution in [2.45, 2.75) is 31.2 Å². The number of aromatic nitrogens is 1. The highest BCUT2D eigenvalue weighted by atomic mass is 19.4. The molecule has 0 saturated carbocycles. The Balaban J connectivity index is 2.22. The SMILES string of the molecule is COC(=O)[C@H](Cc1ccc(OC)nc1)NC(=O)Cc1cc(C(F)(F)F)cc(C(F)(F)F)c1. The average molecular weight is 464 g/mol. The molecular weight excluding hydrogens is 446 g/mol. The Kier molecular flexibility index (Phi) is 7.70. The van der Waals surface area contributed by atoms with Gasteiger partial charge in [-0.1, -0.05) is 6.07 Å². The summed E-state index contributed by atoms with van der Waals surface area (Å²) in [6.45, 7) is 0. The summed E-state index contributed by atoms with van der Waals surface area (Å²) in [6, 6.07) is 2.71. The molecule has 1 atom stereocenters. The van der Waals surface area contributed by atoms with Crippen LogP contribution in [0.25, 0.3) is 0 Å². The number of benzene rings is 1. The number of methoxy groups -OCH3 is 2. The third-order valence-corrected chi connectivity index (χ3v) is 4.28. The van der Waals surface area contributed by atoms with Crippen molar-refractivity contribution in [3.05, 3.63) is 58.8 Å². The lowest BCUT2D eigenvalue weighted by molar-refractivity contribution is -0.145. The third kappa shape index (κ3) is 6.86. The number of hydrogen-bond donors (Lipinski definition) is 1. The van der Waals surface area contributed by atoms with Crippen LogP contribution in [0.5, 0.6) is 5.88 Å². The second-order valence-electron chi connectivity index (χ2n) is 6.65. The van der Waals surface area contributed by atoms with Gasteiger partial charge in [0.2, 0.25) is 11.8 Å². The van der Waals surface area contributed by atoms with Gasteiger partial charge in [-0.05, 0) is 29.3 Å². The maximum absolute atomic E-state index is 13.0. The fourth-order valence-electron chi connectivity index (χ4n) is 2.78. The summed E-state index contributed by atoms with van der Waals surface area (Å²) < 4.78 is 87.4. The minimum Gasteiger partial charge on any atom is -0.481 e. The summed E-state index contributed by atoms with van der Waals surface area (Å²) in [4.78, 5) is 28.3. The molecule has 1 aromatic heterocycles. The normalized spacial score (nSPS) is 12.8. The zero-order valence-corrected chi connectivity index (χ0v) is 16.8. The van der Waals surface area contributed by atoms with Crippen molar-refractivity contribution in [2.24, 2.45) is 0 Å². The zero-order valence-electron chi connectivity index (χ0n) is 16.8. The number of pyridine rings is 1. The monoisotopic (exact) mass is 464 g/mol. The Bertz CT molecular complexity index is 926. The molecular formula is C20H18F6N2O4. The van der Waals surface area contributed by atoms with Gasteiger partial charge in [0.1, 0.15) is 6.04 Å². The number of alkyl halides is 6. The first kappa shape index (κ1) is 25.0. The van der Waals surface area contributed by atoms with Gasteiger partial charge in [-0.25, -0.2) is 9.78 Å². The largest absolute Gasteiger partial charge is 0.481 e. The van der Waals surface area contributed by atoms with Crippen LogP contribution in [0, 0.1) is 0 Å². The molecule has 1 N–H and O–H groups in total. The first-order valence-corrected chi connectivity index (χ1v) is 8.98. The number of amides is 1. The molecule has 0 fully saturated rings. The van der Waals surface area contributed by atoms with E-state index in [9.17, 15) is 35.9 Å². The van der Waals surface area contributed by atoms with E-state index in [1.54, 1.807) is 6.07 Å². The predicted octanol–water partition coefficient (Wildman–Crippen LogP) is 3.57. The molecule has 6 nitrogen and oxygen atoms in total. The second kappa shape index (κ2) is 9.88. The Morgan fingerprint density at radius 1 is 0.969 bits per heavy atom. The predicted molar refractivity (Wildman–Crippen MR) is 98.6 cm³/mol. The number of halogens is 6. The minimum absolute atomic E-state index is 0.0324. The molecule has 32 heavy (non-hydrogen) atoms. The standard InChI is InChI=1S/C20H18F6N2O4/c1-31-17-4-3-11(10-27-17)7-15(18(30)32-2)28-16(29)8-12-5-13(19(21,22)23)9-14(6-12)20(24,25)26/h3-6,9-10,15H,7-8H2,1-2H3,(H,28,29)/t15-/m0/s1. The zero-order chi connectivity index (χ0) is 24.1. The van der Waals surface area contributed by atoms with Gasteiger partial charge in [-0.3, -0.25) is 4.79 Å². The molecule has 1 aromatic carbocycles. The maximum Gasteiger partial charge on any atom is 0.416 e. The molecule has 0 spiro atoms. The van der Waals surface area contributed by atoms with E-state index in [1.807, 2.05) is 0 Å². The second-order valence-corrected chi connectivity index (χ2v) is 6.65. The lowest BCUT2D eigenvalue weighted by atomic mass is 10.0. The third-order valence-electron chi connectivity index (χ3n) is 4.28. The topological polar surface area (TPSA) is 77.5 Å². The summed E-state index contributed by atoms with van der Waals surface area (Å²) in [5, 5.41) is 2.27. The van der Waals surface area contributed by atoms with Crippen molar-refractivity contribution in [3.63, 3.8) is 0 Å². The highest BCUT2D eigenvalue weighted by Gasteiger charge is 2.37. The van der Waals surface area contributed by atoms with Gasteiger partial charge in [-0.15, -0.1) is 0 Å². The lowest BCUT2D eigenvalue weighted by Crippen LogP contribution is -2.43. The van der Waals surface area contributed by atoms with Gasteiger partial charge in [-0.2, -0.15) is 26.3 Å². The van der Waals surface area contributed by atoms with Crippen molar-refractivity contribution in [3.8, 4) is 5.88 Å². The van der Waals surface area contributed by atoms with E-state index in [1.165, 1.54) is 19.4 Å². The Hall–Kier alpha value is -3.31. The van der Waals surface area contributed by atoms with Crippen LogP contribution in [0.15, 0.2) is 36.5 Å². The average Bonchev–Trinajstić information content (AvgIpc) is 2.71. The van der Waals surface area contributed by atoms with Gasteiger partial charge in [0.05, 0.1) is 31.8 Å². The quantitative estimate of drug-likeness (QED) is 0.501. The van der Waals surface area contributed by atoms with Crippen LogP contribution in [-0.2, 0) is 39.5 Å². The van der Waals surface area contributed by atoms with Crippen LogP contribution in [0.3, 0.4) is 0 Å². The number of ether oxygens (including phenoxy) is 2. The van der Waals surface area contributed by atoms with Crippen LogP contribution in [0.2, 0.25) is 0 Å².